The number of pyridine rings is 1. The zero-order valence-corrected chi connectivity index (χ0v) is 23.2. The monoisotopic (exact) mass is 620 g/mol. The Labute approximate surface area is 230 Å². The maximum absolute atomic E-state index is 15.7. The quantitative estimate of drug-likeness (QED) is 0.209. The number of nitrogens with zero attached hydrogens (tertiary/aromatic N) is 6. The minimum atomic E-state index is -4.24. The number of nitrogens with two attached hydrogens (primary N) is 1. The molecule has 208 valence electrons. The molecule has 6 atom stereocenters. The van der Waals surface area contributed by atoms with E-state index in [4.69, 9.17) is 40.2 Å². The van der Waals surface area contributed by atoms with E-state index in [2.05, 4.69) is 37.2 Å². The van der Waals surface area contributed by atoms with Crippen molar-refractivity contribution in [3.63, 3.8) is 0 Å². The Hall–Kier alpha value is -2.20. The van der Waals surface area contributed by atoms with E-state index >= 15 is 4.39 Å². The number of ether oxygens (including phenoxy) is 1. The molecule has 15 nitrogen and oxygen atoms in total. The van der Waals surface area contributed by atoms with Gasteiger partial charge >= 0.3 is 6.80 Å². The van der Waals surface area contributed by atoms with Crippen LogP contribution in [-0.4, -0.2) is 65.6 Å². The van der Waals surface area contributed by atoms with Crippen LogP contribution in [0.25, 0.3) is 22.3 Å². The summed E-state index contributed by atoms with van der Waals surface area (Å²) in [6.45, 7) is -4.26. The number of fused-ring (bicyclic) bond motifs is 6. The molecule has 0 amide bonds. The first-order chi connectivity index (χ1) is 18.7. The zero-order valence-electron chi connectivity index (χ0n) is 19.6. The lowest BCUT2D eigenvalue weighted by atomic mass is 10.1. The molecule has 3 N–H and O–H groups in total. The number of hydrogen-bond acceptors (Lipinski definition) is 12. The van der Waals surface area contributed by atoms with Gasteiger partial charge < -0.3 is 24.1 Å². The second-order valence-corrected chi connectivity index (χ2v) is 12.6. The summed E-state index contributed by atoms with van der Waals surface area (Å²) in [6, 6.07) is 1.62. The average molecular weight is 621 g/mol. The van der Waals surface area contributed by atoms with Crippen molar-refractivity contribution in [2.45, 2.75) is 37.8 Å². The average Bonchev–Trinajstić information content (AvgIpc) is 3.53. The fourth-order valence-electron chi connectivity index (χ4n) is 4.37. The third-order valence-electron chi connectivity index (χ3n) is 6.02. The normalized spacial score (nSPS) is 29.4. The number of alkyl halides is 1. The van der Waals surface area contributed by atoms with Gasteiger partial charge in [-0.1, -0.05) is 23.8 Å². The van der Waals surface area contributed by atoms with Crippen LogP contribution in [0.4, 0.5) is 10.3 Å². The number of anilines is 1. The number of hydrogen-bond donors (Lipinski definition) is 3. The molecule has 4 aromatic rings. The van der Waals surface area contributed by atoms with Gasteiger partial charge in [-0.2, -0.15) is 4.98 Å². The summed E-state index contributed by atoms with van der Waals surface area (Å²) in [4.78, 5) is 31.8. The highest BCUT2D eigenvalue weighted by molar-refractivity contribution is 8.44. The molecule has 0 spiro atoms. The summed E-state index contributed by atoms with van der Waals surface area (Å²) < 4.78 is 60.0. The number of nitrogen functional groups attached to an aromatic ring is 1. The van der Waals surface area contributed by atoms with E-state index in [-0.39, 0.29) is 36.9 Å². The standard InChI is InChI=1S/C19H20ClFN8O7P2S/c20-8-3-9-16(23-4-8)28-1-2-32-37-33-5-10-12(21)14(36-38(31,39)34-6-11(28)25-9)18(35-10)29-7-24-15-13(29)17(30)27-19(22)26-15/h3-4,7,10,12,14,18,37H,1-2,5-6H2,(H,31,39)(H3,22,26,27,30)/t10-,12-,14-,18-,38?/m1/s1. The number of thiol groups is 1. The fraction of sp³-hybridized carbons (Fsp3) is 0.421. The Morgan fingerprint density at radius 2 is 2.15 bits per heavy atom. The van der Waals surface area contributed by atoms with E-state index in [0.29, 0.717) is 28.6 Å². The van der Waals surface area contributed by atoms with E-state index in [1.165, 1.54) is 17.1 Å². The third-order valence-corrected chi connectivity index (χ3v) is 8.43. The molecule has 39 heavy (non-hydrogen) atoms. The molecule has 1 saturated heterocycles. The van der Waals surface area contributed by atoms with Crippen molar-refractivity contribution < 1.29 is 31.8 Å². The first kappa shape index (κ1) is 27.0. The van der Waals surface area contributed by atoms with Gasteiger partial charge in [-0.05, 0) is 6.07 Å². The van der Waals surface area contributed by atoms with Gasteiger partial charge in [0.2, 0.25) is 5.95 Å². The molecule has 2 aliphatic heterocycles. The highest BCUT2D eigenvalue weighted by atomic mass is 35.5. The van der Waals surface area contributed by atoms with E-state index in [0.717, 1.165) is 0 Å². The first-order valence-electron chi connectivity index (χ1n) is 11.4. The van der Waals surface area contributed by atoms with Crippen molar-refractivity contribution in [2.75, 3.05) is 18.9 Å². The van der Waals surface area contributed by atoms with Gasteiger partial charge in [0, 0.05) is 12.7 Å². The Morgan fingerprint density at radius 3 is 3.00 bits per heavy atom. The number of imidazole rings is 2. The molecule has 0 aliphatic carbocycles. The summed E-state index contributed by atoms with van der Waals surface area (Å²) in [5.41, 5.74) is 5.91. The number of nitrogens with one attached hydrogen (secondary N) is 1. The maximum Gasteiger partial charge on any atom is 0.387 e. The van der Waals surface area contributed by atoms with Crippen molar-refractivity contribution in [3.8, 4) is 0 Å². The van der Waals surface area contributed by atoms with Gasteiger partial charge in [0.25, 0.3) is 5.56 Å². The predicted molar refractivity (Wildman–Crippen MR) is 140 cm³/mol. The van der Waals surface area contributed by atoms with E-state index in [1.54, 1.807) is 10.6 Å². The first-order valence-corrected chi connectivity index (χ1v) is 15.3. The van der Waals surface area contributed by atoms with E-state index in [9.17, 15) is 9.36 Å². The second-order valence-electron chi connectivity index (χ2n) is 8.52. The number of H-pyrrole nitrogens is 1. The van der Waals surface area contributed by atoms with Crippen molar-refractivity contribution in [1.29, 1.82) is 0 Å². The molecule has 2 bridgehead atoms. The molecule has 6 rings (SSSR count). The van der Waals surface area contributed by atoms with Gasteiger partial charge in [-0.25, -0.2) is 23.9 Å². The van der Waals surface area contributed by atoms with Crippen molar-refractivity contribution in [3.05, 3.63) is 39.8 Å². The van der Waals surface area contributed by atoms with Crippen LogP contribution in [0, 0.1) is 0 Å². The number of aromatic nitrogens is 7. The smallest absolute Gasteiger partial charge is 0.369 e. The molecule has 0 saturated carbocycles. The minimum absolute atomic E-state index is 0.00338. The summed E-state index contributed by atoms with van der Waals surface area (Å²) in [7, 11) is -0.437. The number of aromatic amines is 1. The number of halogens is 2. The van der Waals surface area contributed by atoms with Crippen LogP contribution < -0.4 is 11.3 Å². The summed E-state index contributed by atoms with van der Waals surface area (Å²) in [5, 5.41) is 0.385. The highest BCUT2D eigenvalue weighted by Gasteiger charge is 2.50. The summed E-state index contributed by atoms with van der Waals surface area (Å²) in [5.74, 6) is 0.191. The summed E-state index contributed by atoms with van der Waals surface area (Å²) in [6.07, 6.45) is -3.17. The van der Waals surface area contributed by atoms with Crippen molar-refractivity contribution in [2.24, 2.45) is 0 Å². The van der Waals surface area contributed by atoms with Crippen molar-refractivity contribution >= 4 is 68.0 Å². The van der Waals surface area contributed by atoms with Gasteiger partial charge in [0.15, 0.2) is 38.2 Å². The largest absolute Gasteiger partial charge is 0.387 e. The molecule has 0 aromatic carbocycles. The molecule has 6 heterocycles. The minimum Gasteiger partial charge on any atom is -0.369 e. The zero-order chi connectivity index (χ0) is 27.3. The van der Waals surface area contributed by atoms with Gasteiger partial charge in [-0.15, -0.1) is 0 Å². The third kappa shape index (κ3) is 5.31. The SMILES string of the molecule is Nc1nc2ncn([C@@H]3O[C@@H]4COPOCCn5c(nc6cc(Cl)cnc65)COP(=O)(S)O[C@@H]3[C@@H]4F)c2c(=O)[nH]1. The fourth-order valence-corrected chi connectivity index (χ4v) is 6.38. The van der Waals surface area contributed by atoms with Crippen LogP contribution in [0.1, 0.15) is 12.1 Å². The maximum atomic E-state index is 15.7. The van der Waals surface area contributed by atoms with E-state index in [1.807, 2.05) is 0 Å². The molecule has 0 radical (unpaired) electrons. The van der Waals surface area contributed by atoms with Crippen LogP contribution in [0.5, 0.6) is 0 Å². The Morgan fingerprint density at radius 1 is 1.31 bits per heavy atom. The molecular formula is C19H20ClFN8O7P2S. The second kappa shape index (κ2) is 10.7. The van der Waals surface area contributed by atoms with Crippen molar-refractivity contribution in [1.82, 2.24) is 34.1 Å². The van der Waals surface area contributed by atoms with Crippen LogP contribution in [0.15, 0.2) is 23.4 Å². The molecule has 1 fully saturated rings. The molecular weight excluding hydrogens is 601 g/mol. The van der Waals surface area contributed by atoms with Gasteiger partial charge in [0.1, 0.15) is 36.5 Å². The van der Waals surface area contributed by atoms with Crippen LogP contribution in [-0.2, 0) is 40.5 Å². The lowest BCUT2D eigenvalue weighted by molar-refractivity contribution is -0.0429. The molecule has 2 unspecified atom stereocenters. The molecule has 2 aliphatic rings. The van der Waals surface area contributed by atoms with E-state index < -0.39 is 46.0 Å². The highest BCUT2D eigenvalue weighted by Crippen LogP contribution is 2.57. The lowest BCUT2D eigenvalue weighted by Gasteiger charge is -2.24. The summed E-state index contributed by atoms with van der Waals surface area (Å²) >= 11 is 10.1. The Balaban J connectivity index is 1.34. The molecule has 20 heteroatoms. The van der Waals surface area contributed by atoms with Gasteiger partial charge in [-0.3, -0.25) is 23.4 Å². The Bertz CT molecular complexity index is 1660. The topological polar surface area (TPSA) is 184 Å². The molecule has 4 aromatic heterocycles. The predicted octanol–water partition coefficient (Wildman–Crippen LogP) is 2.53. The van der Waals surface area contributed by atoms with Gasteiger partial charge in [0.05, 0.1) is 18.2 Å². The van der Waals surface area contributed by atoms with Crippen LogP contribution in [0.2, 0.25) is 5.02 Å². The lowest BCUT2D eigenvalue weighted by Crippen LogP contribution is -2.32. The Kier molecular flexibility index (Phi) is 7.37. The van der Waals surface area contributed by atoms with Crippen LogP contribution >= 0.6 is 39.7 Å². The van der Waals surface area contributed by atoms with Crippen LogP contribution in [0.3, 0.4) is 0 Å². The number of rotatable bonds is 1.